The maximum atomic E-state index is 10.1. The Bertz CT molecular complexity index is 601. The van der Waals surface area contributed by atoms with Crippen molar-refractivity contribution in [1.29, 1.82) is 0 Å². The summed E-state index contributed by atoms with van der Waals surface area (Å²) in [6.45, 7) is 8.39. The molecule has 0 aliphatic carbocycles. The van der Waals surface area contributed by atoms with Gasteiger partial charge in [0.25, 0.3) is 0 Å². The zero-order valence-corrected chi connectivity index (χ0v) is 16.3. The summed E-state index contributed by atoms with van der Waals surface area (Å²) in [5.74, 6) is 0.511. The zero-order valence-electron chi connectivity index (χ0n) is 16.3. The second-order valence-corrected chi connectivity index (χ2v) is 7.94. The summed E-state index contributed by atoms with van der Waals surface area (Å²) in [6, 6.07) is 7.70. The average Bonchev–Trinajstić information content (AvgIpc) is 3.10. The van der Waals surface area contributed by atoms with Gasteiger partial charge in [0.2, 0.25) is 0 Å². The van der Waals surface area contributed by atoms with Gasteiger partial charge in [-0.3, -0.25) is 0 Å². The van der Waals surface area contributed by atoms with Gasteiger partial charge in [-0.05, 0) is 37.5 Å². The molecule has 0 unspecified atom stereocenters. The zero-order chi connectivity index (χ0) is 19.6. The van der Waals surface area contributed by atoms with E-state index in [0.29, 0.717) is 19.1 Å². The SMILES string of the molecule is CC(C)COc1ccc(CO[C@@H]2[C@H]([C@H](O)CO)O[C@H]3OC(C)(C)O[C@@H]32)cc1. The monoisotopic (exact) mass is 382 g/mol. The van der Waals surface area contributed by atoms with Gasteiger partial charge in [0, 0.05) is 0 Å². The van der Waals surface area contributed by atoms with E-state index >= 15 is 0 Å². The highest BCUT2D eigenvalue weighted by molar-refractivity contribution is 5.27. The summed E-state index contributed by atoms with van der Waals surface area (Å²) in [7, 11) is 0. The van der Waals surface area contributed by atoms with Crippen LogP contribution in [0, 0.1) is 5.92 Å². The van der Waals surface area contributed by atoms with Crippen molar-refractivity contribution in [3.05, 3.63) is 29.8 Å². The lowest BCUT2D eigenvalue weighted by Gasteiger charge is -2.28. The second kappa shape index (κ2) is 8.43. The van der Waals surface area contributed by atoms with Crippen LogP contribution in [0.4, 0.5) is 0 Å². The van der Waals surface area contributed by atoms with Crippen LogP contribution in [0.1, 0.15) is 33.3 Å². The minimum absolute atomic E-state index is 0.320. The van der Waals surface area contributed by atoms with Crippen LogP contribution in [0.5, 0.6) is 5.75 Å². The van der Waals surface area contributed by atoms with Crippen LogP contribution in [0.15, 0.2) is 24.3 Å². The lowest BCUT2D eigenvalue weighted by Crippen LogP contribution is -2.44. The van der Waals surface area contributed by atoms with Gasteiger partial charge in [0.05, 0.1) is 19.8 Å². The molecule has 1 aromatic rings. The number of hydrogen-bond donors (Lipinski definition) is 2. The Labute approximate surface area is 160 Å². The smallest absolute Gasteiger partial charge is 0.190 e. The molecule has 3 rings (SSSR count). The number of hydrogen-bond acceptors (Lipinski definition) is 7. The third-order valence-electron chi connectivity index (χ3n) is 4.54. The molecule has 5 atom stereocenters. The first-order valence-corrected chi connectivity index (χ1v) is 9.42. The largest absolute Gasteiger partial charge is 0.493 e. The summed E-state index contributed by atoms with van der Waals surface area (Å²) in [4.78, 5) is 0. The van der Waals surface area contributed by atoms with Crippen molar-refractivity contribution in [3.8, 4) is 5.75 Å². The van der Waals surface area contributed by atoms with Crippen molar-refractivity contribution in [3.63, 3.8) is 0 Å². The first-order chi connectivity index (χ1) is 12.8. The van der Waals surface area contributed by atoms with E-state index in [9.17, 15) is 10.2 Å². The molecule has 1 aromatic carbocycles. The van der Waals surface area contributed by atoms with E-state index in [2.05, 4.69) is 13.8 Å². The summed E-state index contributed by atoms with van der Waals surface area (Å²) in [5, 5.41) is 19.4. The molecule has 0 saturated carbocycles. The van der Waals surface area contributed by atoms with Crippen LogP contribution in [-0.4, -0.2) is 59.9 Å². The Morgan fingerprint density at radius 2 is 1.85 bits per heavy atom. The van der Waals surface area contributed by atoms with Gasteiger partial charge >= 0.3 is 0 Å². The molecule has 2 aliphatic rings. The molecule has 0 spiro atoms. The lowest BCUT2D eigenvalue weighted by molar-refractivity contribution is -0.232. The normalized spacial score (nSPS) is 30.5. The van der Waals surface area contributed by atoms with Crippen LogP contribution in [0.2, 0.25) is 0 Å². The highest BCUT2D eigenvalue weighted by atomic mass is 16.8. The van der Waals surface area contributed by atoms with E-state index in [0.717, 1.165) is 11.3 Å². The molecular weight excluding hydrogens is 352 g/mol. The fraction of sp³-hybridized carbons (Fsp3) is 0.700. The molecule has 0 amide bonds. The number of aliphatic hydroxyl groups excluding tert-OH is 2. The van der Waals surface area contributed by atoms with Crippen molar-refractivity contribution in [1.82, 2.24) is 0 Å². The molecule has 152 valence electrons. The molecule has 2 heterocycles. The molecule has 0 bridgehead atoms. The van der Waals surface area contributed by atoms with Crippen LogP contribution in [0.3, 0.4) is 0 Å². The third kappa shape index (κ3) is 4.99. The predicted octanol–water partition coefficient (Wildman–Crippen LogP) is 1.84. The number of fused-ring (bicyclic) bond motifs is 1. The fourth-order valence-corrected chi connectivity index (χ4v) is 3.24. The van der Waals surface area contributed by atoms with Crippen molar-refractivity contribution in [2.75, 3.05) is 13.2 Å². The Kier molecular flexibility index (Phi) is 6.40. The average molecular weight is 382 g/mol. The quantitative estimate of drug-likeness (QED) is 0.709. The molecule has 2 aliphatic heterocycles. The molecule has 2 N–H and O–H groups in total. The molecule has 2 saturated heterocycles. The predicted molar refractivity (Wildman–Crippen MR) is 97.1 cm³/mol. The number of rotatable bonds is 8. The van der Waals surface area contributed by atoms with Crippen LogP contribution >= 0.6 is 0 Å². The number of benzene rings is 1. The Morgan fingerprint density at radius 1 is 1.15 bits per heavy atom. The third-order valence-corrected chi connectivity index (χ3v) is 4.54. The van der Waals surface area contributed by atoms with E-state index in [4.69, 9.17) is 23.7 Å². The van der Waals surface area contributed by atoms with Gasteiger partial charge < -0.3 is 33.9 Å². The topological polar surface area (TPSA) is 86.6 Å². The standard InChI is InChI=1S/C20H30O7/c1-12(2)10-23-14-7-5-13(6-8-14)11-24-17-16(15(22)9-21)25-19-18(17)26-20(3,4)27-19/h5-8,12,15-19,21-22H,9-11H2,1-4H3/t15-,16+,17-,18-,19+/m1/s1. The van der Waals surface area contributed by atoms with E-state index in [1.807, 2.05) is 24.3 Å². The number of aliphatic hydroxyl groups is 2. The Hall–Kier alpha value is -1.22. The fourth-order valence-electron chi connectivity index (χ4n) is 3.24. The van der Waals surface area contributed by atoms with Gasteiger partial charge in [-0.1, -0.05) is 26.0 Å². The highest BCUT2D eigenvalue weighted by Gasteiger charge is 2.56. The van der Waals surface area contributed by atoms with Crippen LogP contribution in [0.25, 0.3) is 0 Å². The van der Waals surface area contributed by atoms with Gasteiger partial charge in [0.1, 0.15) is 30.2 Å². The minimum Gasteiger partial charge on any atom is -0.493 e. The molecule has 2 fully saturated rings. The maximum Gasteiger partial charge on any atom is 0.190 e. The first-order valence-electron chi connectivity index (χ1n) is 9.42. The van der Waals surface area contributed by atoms with Gasteiger partial charge in [0.15, 0.2) is 12.1 Å². The number of ether oxygens (including phenoxy) is 5. The van der Waals surface area contributed by atoms with E-state index in [1.54, 1.807) is 13.8 Å². The van der Waals surface area contributed by atoms with Gasteiger partial charge in [-0.2, -0.15) is 0 Å². The summed E-state index contributed by atoms with van der Waals surface area (Å²) in [5.41, 5.74) is 0.964. The summed E-state index contributed by atoms with van der Waals surface area (Å²) in [6.07, 6.45) is -3.41. The van der Waals surface area contributed by atoms with E-state index in [-0.39, 0.29) is 0 Å². The molecule has 7 nitrogen and oxygen atoms in total. The lowest BCUT2D eigenvalue weighted by atomic mass is 10.1. The van der Waals surface area contributed by atoms with Crippen LogP contribution < -0.4 is 4.74 Å². The van der Waals surface area contributed by atoms with E-state index < -0.39 is 43.1 Å². The molecule has 0 radical (unpaired) electrons. The minimum atomic E-state index is -1.07. The molecule has 27 heavy (non-hydrogen) atoms. The van der Waals surface area contributed by atoms with Crippen molar-refractivity contribution >= 4 is 0 Å². The van der Waals surface area contributed by atoms with Crippen LogP contribution in [-0.2, 0) is 25.6 Å². The van der Waals surface area contributed by atoms with Gasteiger partial charge in [-0.15, -0.1) is 0 Å². The van der Waals surface area contributed by atoms with E-state index in [1.165, 1.54) is 0 Å². The molecule has 0 aromatic heterocycles. The van der Waals surface area contributed by atoms with Crippen molar-refractivity contribution in [2.24, 2.45) is 5.92 Å². The second-order valence-electron chi connectivity index (χ2n) is 7.94. The van der Waals surface area contributed by atoms with Crippen molar-refractivity contribution < 1.29 is 33.9 Å². The molecular formula is C20H30O7. The molecule has 7 heteroatoms. The van der Waals surface area contributed by atoms with Crippen molar-refractivity contribution in [2.45, 2.75) is 70.8 Å². The Balaban J connectivity index is 1.61. The van der Waals surface area contributed by atoms with Gasteiger partial charge in [-0.25, -0.2) is 0 Å². The highest BCUT2D eigenvalue weighted by Crippen LogP contribution is 2.39. The summed E-state index contributed by atoms with van der Waals surface area (Å²) < 4.78 is 29.1. The summed E-state index contributed by atoms with van der Waals surface area (Å²) >= 11 is 0. The first kappa shape index (κ1) is 20.5. The Morgan fingerprint density at radius 3 is 2.48 bits per heavy atom. The maximum absolute atomic E-state index is 10.1.